The number of hydrogen-bond acceptors (Lipinski definition) is 7. The smallest absolute Gasteiger partial charge is 0.223 e. The number of aryl methyl sites for hydroxylation is 1. The van der Waals surface area contributed by atoms with E-state index in [1.807, 2.05) is 25.1 Å². The van der Waals surface area contributed by atoms with Gasteiger partial charge in [0.2, 0.25) is 5.95 Å². The molecule has 0 amide bonds. The number of ether oxygens (including phenoxy) is 1. The van der Waals surface area contributed by atoms with Crippen LogP contribution >= 0.6 is 11.6 Å². The van der Waals surface area contributed by atoms with E-state index in [9.17, 15) is 5.11 Å². The summed E-state index contributed by atoms with van der Waals surface area (Å²) in [6, 6.07) is 5.68. The number of aromatic nitrogens is 4. The van der Waals surface area contributed by atoms with Crippen LogP contribution in [0.25, 0.3) is 22.2 Å². The third kappa shape index (κ3) is 3.33. The molecule has 0 spiro atoms. The van der Waals surface area contributed by atoms with E-state index in [2.05, 4.69) is 25.3 Å². The van der Waals surface area contributed by atoms with Gasteiger partial charge in [-0.05, 0) is 25.5 Å². The Balaban J connectivity index is 1.69. The Morgan fingerprint density at radius 1 is 1.27 bits per heavy atom. The van der Waals surface area contributed by atoms with E-state index in [0.717, 1.165) is 22.2 Å². The maximum absolute atomic E-state index is 10.0. The zero-order chi connectivity index (χ0) is 18.1. The predicted molar refractivity (Wildman–Crippen MR) is 99.2 cm³/mol. The SMILES string of the molecule is Cc1ncnc2ccc(-c3nc(N[C@@H]4CCOC[C@H]4O)ncc3Cl)cc12. The lowest BCUT2D eigenvalue weighted by Gasteiger charge is -2.28. The largest absolute Gasteiger partial charge is 0.389 e. The summed E-state index contributed by atoms with van der Waals surface area (Å²) in [4.78, 5) is 17.3. The molecule has 2 atom stereocenters. The fourth-order valence-electron chi connectivity index (χ4n) is 3.03. The van der Waals surface area contributed by atoms with Crippen molar-refractivity contribution >= 4 is 28.5 Å². The van der Waals surface area contributed by atoms with Crippen LogP contribution in [0, 0.1) is 6.92 Å². The molecule has 1 aliphatic heterocycles. The average Bonchev–Trinajstić information content (AvgIpc) is 2.65. The van der Waals surface area contributed by atoms with Crippen LogP contribution in [-0.2, 0) is 4.74 Å². The van der Waals surface area contributed by atoms with Crippen molar-refractivity contribution in [3.05, 3.63) is 41.4 Å². The van der Waals surface area contributed by atoms with Gasteiger partial charge < -0.3 is 15.2 Å². The van der Waals surface area contributed by atoms with Crippen molar-refractivity contribution in [2.75, 3.05) is 18.5 Å². The van der Waals surface area contributed by atoms with Crippen molar-refractivity contribution in [2.24, 2.45) is 0 Å². The normalized spacial score (nSPS) is 20.3. The quantitative estimate of drug-likeness (QED) is 0.730. The summed E-state index contributed by atoms with van der Waals surface area (Å²) >= 11 is 6.34. The lowest BCUT2D eigenvalue weighted by Crippen LogP contribution is -2.42. The number of aliphatic hydroxyl groups is 1. The van der Waals surface area contributed by atoms with Gasteiger partial charge >= 0.3 is 0 Å². The number of nitrogens with one attached hydrogen (secondary N) is 1. The third-order valence-corrected chi connectivity index (χ3v) is 4.77. The highest BCUT2D eigenvalue weighted by Gasteiger charge is 2.24. The van der Waals surface area contributed by atoms with Crippen LogP contribution in [0.15, 0.2) is 30.7 Å². The molecule has 0 aliphatic carbocycles. The first kappa shape index (κ1) is 17.1. The third-order valence-electron chi connectivity index (χ3n) is 4.49. The average molecular weight is 372 g/mol. The zero-order valence-electron chi connectivity index (χ0n) is 14.2. The zero-order valence-corrected chi connectivity index (χ0v) is 14.9. The number of halogens is 1. The molecule has 1 aromatic carbocycles. The van der Waals surface area contributed by atoms with E-state index in [0.29, 0.717) is 36.3 Å². The molecular formula is C18H18ClN5O2. The summed E-state index contributed by atoms with van der Waals surface area (Å²) in [5.41, 5.74) is 3.25. The van der Waals surface area contributed by atoms with Gasteiger partial charge in [0.25, 0.3) is 0 Å². The number of benzene rings is 1. The van der Waals surface area contributed by atoms with Crippen LogP contribution in [0.4, 0.5) is 5.95 Å². The lowest BCUT2D eigenvalue weighted by atomic mass is 10.1. The van der Waals surface area contributed by atoms with Crippen molar-refractivity contribution in [2.45, 2.75) is 25.5 Å². The second-order valence-corrected chi connectivity index (χ2v) is 6.67. The van der Waals surface area contributed by atoms with Crippen LogP contribution in [0.2, 0.25) is 5.02 Å². The second kappa shape index (κ2) is 7.11. The summed E-state index contributed by atoms with van der Waals surface area (Å²) in [5.74, 6) is 0.427. The lowest BCUT2D eigenvalue weighted by molar-refractivity contribution is -0.0136. The monoisotopic (exact) mass is 371 g/mol. The van der Waals surface area contributed by atoms with Crippen LogP contribution in [0.1, 0.15) is 12.1 Å². The molecule has 2 N–H and O–H groups in total. The number of fused-ring (bicyclic) bond motifs is 1. The minimum Gasteiger partial charge on any atom is -0.389 e. The number of aliphatic hydroxyl groups excluding tert-OH is 1. The molecule has 0 saturated carbocycles. The van der Waals surface area contributed by atoms with Crippen molar-refractivity contribution in [3.8, 4) is 11.3 Å². The molecule has 7 nitrogen and oxygen atoms in total. The molecule has 1 fully saturated rings. The summed E-state index contributed by atoms with van der Waals surface area (Å²) in [5, 5.41) is 14.6. The molecule has 134 valence electrons. The van der Waals surface area contributed by atoms with Crippen LogP contribution in [0.5, 0.6) is 0 Å². The number of hydrogen-bond donors (Lipinski definition) is 2. The van der Waals surface area contributed by atoms with Crippen molar-refractivity contribution in [1.29, 1.82) is 0 Å². The van der Waals surface area contributed by atoms with Gasteiger partial charge in [0.15, 0.2) is 0 Å². The molecule has 1 saturated heterocycles. The summed E-state index contributed by atoms with van der Waals surface area (Å²) in [6.45, 7) is 2.84. The predicted octanol–water partition coefficient (Wildman–Crippen LogP) is 2.61. The standard InChI is InChI=1S/C18H18ClN5O2/c1-10-12-6-11(2-3-14(12)22-9-21-10)17-13(19)7-20-18(24-17)23-15-4-5-26-8-16(15)25/h2-3,6-7,9,15-16,25H,4-5,8H2,1H3,(H,20,23,24)/t15-,16-/m1/s1. The van der Waals surface area contributed by atoms with Crippen LogP contribution < -0.4 is 5.32 Å². The maximum atomic E-state index is 10.0. The Hall–Kier alpha value is -2.35. The first-order valence-corrected chi connectivity index (χ1v) is 8.76. The van der Waals surface area contributed by atoms with Gasteiger partial charge in [-0.2, -0.15) is 0 Å². The van der Waals surface area contributed by atoms with Gasteiger partial charge in [-0.15, -0.1) is 0 Å². The molecule has 4 rings (SSSR count). The Bertz CT molecular complexity index is 952. The Morgan fingerprint density at radius 2 is 2.15 bits per heavy atom. The highest BCUT2D eigenvalue weighted by atomic mass is 35.5. The van der Waals surface area contributed by atoms with Gasteiger partial charge in [-0.25, -0.2) is 19.9 Å². The van der Waals surface area contributed by atoms with Gasteiger partial charge in [0.05, 0.1) is 41.2 Å². The van der Waals surface area contributed by atoms with Gasteiger partial charge in [-0.3, -0.25) is 0 Å². The molecule has 8 heteroatoms. The van der Waals surface area contributed by atoms with Crippen molar-refractivity contribution in [3.63, 3.8) is 0 Å². The van der Waals surface area contributed by atoms with Crippen molar-refractivity contribution < 1.29 is 9.84 Å². The molecular weight excluding hydrogens is 354 g/mol. The Labute approximate surface area is 155 Å². The highest BCUT2D eigenvalue weighted by Crippen LogP contribution is 2.29. The summed E-state index contributed by atoms with van der Waals surface area (Å²) in [6.07, 6.45) is 3.22. The molecule has 1 aliphatic rings. The highest BCUT2D eigenvalue weighted by molar-refractivity contribution is 6.33. The molecule has 0 bridgehead atoms. The van der Waals surface area contributed by atoms with Gasteiger partial charge in [-0.1, -0.05) is 17.7 Å². The molecule has 3 heterocycles. The maximum Gasteiger partial charge on any atom is 0.223 e. The summed E-state index contributed by atoms with van der Waals surface area (Å²) in [7, 11) is 0. The fraction of sp³-hybridized carbons (Fsp3) is 0.333. The topological polar surface area (TPSA) is 93.1 Å². The van der Waals surface area contributed by atoms with E-state index in [-0.39, 0.29) is 6.04 Å². The van der Waals surface area contributed by atoms with Crippen molar-refractivity contribution in [1.82, 2.24) is 19.9 Å². The Morgan fingerprint density at radius 3 is 3.00 bits per heavy atom. The molecule has 0 radical (unpaired) electrons. The summed E-state index contributed by atoms with van der Waals surface area (Å²) < 4.78 is 5.25. The van der Waals surface area contributed by atoms with E-state index in [1.165, 1.54) is 0 Å². The van der Waals surface area contributed by atoms with Gasteiger partial charge in [0, 0.05) is 23.3 Å². The van der Waals surface area contributed by atoms with Gasteiger partial charge in [0.1, 0.15) is 6.33 Å². The molecule has 0 unspecified atom stereocenters. The van der Waals surface area contributed by atoms with E-state index in [4.69, 9.17) is 16.3 Å². The van der Waals surface area contributed by atoms with E-state index < -0.39 is 6.10 Å². The minimum atomic E-state index is -0.591. The second-order valence-electron chi connectivity index (χ2n) is 6.26. The molecule has 2 aromatic heterocycles. The van der Waals surface area contributed by atoms with E-state index in [1.54, 1.807) is 12.5 Å². The first-order chi connectivity index (χ1) is 12.6. The van der Waals surface area contributed by atoms with E-state index >= 15 is 0 Å². The first-order valence-electron chi connectivity index (χ1n) is 8.38. The molecule has 3 aromatic rings. The number of nitrogens with zero attached hydrogens (tertiary/aromatic N) is 4. The van der Waals surface area contributed by atoms with Crippen LogP contribution in [-0.4, -0.2) is 50.4 Å². The number of anilines is 1. The minimum absolute atomic E-state index is 0.148. The Kier molecular flexibility index (Phi) is 4.67. The van der Waals surface area contributed by atoms with Crippen LogP contribution in [0.3, 0.4) is 0 Å². The fourth-order valence-corrected chi connectivity index (χ4v) is 3.23. The molecule has 26 heavy (non-hydrogen) atoms. The number of rotatable bonds is 3.